The first-order valence-electron chi connectivity index (χ1n) is 9.06. The Morgan fingerprint density at radius 3 is 2.19 bits per heavy atom. The van der Waals surface area contributed by atoms with Crippen molar-refractivity contribution in [3.8, 4) is 16.9 Å². The molecule has 0 aliphatic carbocycles. The Kier molecular flexibility index (Phi) is 4.70. The van der Waals surface area contributed by atoms with Crippen LogP contribution in [0, 0.1) is 6.92 Å². The Hall–Kier alpha value is -3.06. The molecule has 1 heteroatoms. The summed E-state index contributed by atoms with van der Waals surface area (Å²) in [5.74, 6) is 0.966. The van der Waals surface area contributed by atoms with E-state index in [4.69, 9.17) is 4.74 Å². The molecule has 0 N–H and O–H groups in total. The van der Waals surface area contributed by atoms with Crippen molar-refractivity contribution in [1.29, 1.82) is 0 Å². The van der Waals surface area contributed by atoms with E-state index in [-0.39, 0.29) is 0 Å². The molecule has 0 amide bonds. The molecule has 0 unspecified atom stereocenters. The molecule has 0 fully saturated rings. The van der Waals surface area contributed by atoms with Crippen molar-refractivity contribution in [2.75, 3.05) is 6.61 Å². The number of benzene rings is 4. The van der Waals surface area contributed by atoms with E-state index in [1.807, 2.05) is 12.1 Å². The predicted octanol–water partition coefficient (Wildman–Crippen LogP) is 6.44. The van der Waals surface area contributed by atoms with E-state index in [1.165, 1.54) is 33.0 Å². The minimum atomic E-state index is 0.679. The monoisotopic (exact) mass is 338 g/mol. The van der Waals surface area contributed by atoms with Crippen molar-refractivity contribution in [2.24, 2.45) is 0 Å². The van der Waals surface area contributed by atoms with E-state index < -0.39 is 0 Å². The third-order valence-corrected chi connectivity index (χ3v) is 4.66. The fourth-order valence-corrected chi connectivity index (χ4v) is 3.32. The summed E-state index contributed by atoms with van der Waals surface area (Å²) < 4.78 is 6.19. The van der Waals surface area contributed by atoms with Crippen LogP contribution in [-0.2, 0) is 6.42 Å². The summed E-state index contributed by atoms with van der Waals surface area (Å²) in [7, 11) is 0. The topological polar surface area (TPSA) is 9.23 Å². The Morgan fingerprint density at radius 1 is 0.692 bits per heavy atom. The zero-order chi connectivity index (χ0) is 17.8. The summed E-state index contributed by atoms with van der Waals surface area (Å²) in [6, 6.07) is 31.9. The summed E-state index contributed by atoms with van der Waals surface area (Å²) in [6.45, 7) is 2.80. The molecule has 0 aliphatic rings. The fraction of sp³-hybridized carbons (Fsp3) is 0.120. The number of hydrogen-bond donors (Lipinski definition) is 0. The lowest BCUT2D eigenvalue weighted by Gasteiger charge is -2.12. The van der Waals surface area contributed by atoms with Crippen LogP contribution in [0.1, 0.15) is 11.1 Å². The van der Waals surface area contributed by atoms with Gasteiger partial charge in [-0.15, -0.1) is 0 Å². The maximum atomic E-state index is 6.19. The second kappa shape index (κ2) is 7.45. The molecule has 0 spiro atoms. The van der Waals surface area contributed by atoms with Crippen molar-refractivity contribution >= 4 is 10.8 Å². The van der Waals surface area contributed by atoms with E-state index in [0.29, 0.717) is 6.61 Å². The average Bonchev–Trinajstić information content (AvgIpc) is 2.69. The minimum absolute atomic E-state index is 0.679. The molecule has 26 heavy (non-hydrogen) atoms. The van der Waals surface area contributed by atoms with Crippen LogP contribution in [0.4, 0.5) is 0 Å². The van der Waals surface area contributed by atoms with Gasteiger partial charge in [-0.3, -0.25) is 0 Å². The van der Waals surface area contributed by atoms with Crippen LogP contribution in [0.5, 0.6) is 5.75 Å². The second-order valence-corrected chi connectivity index (χ2v) is 6.65. The molecule has 0 radical (unpaired) electrons. The molecular weight excluding hydrogens is 316 g/mol. The first-order chi connectivity index (χ1) is 12.8. The van der Waals surface area contributed by atoms with Gasteiger partial charge in [-0.1, -0.05) is 78.9 Å². The first-order valence-corrected chi connectivity index (χ1v) is 9.06. The van der Waals surface area contributed by atoms with Gasteiger partial charge in [-0.2, -0.15) is 0 Å². The number of ether oxygens (including phenoxy) is 1. The average molecular weight is 338 g/mol. The summed E-state index contributed by atoms with van der Waals surface area (Å²) in [5.41, 5.74) is 4.97. The molecule has 0 aromatic heterocycles. The van der Waals surface area contributed by atoms with Gasteiger partial charge in [0.15, 0.2) is 0 Å². The number of fused-ring (bicyclic) bond motifs is 1. The largest absolute Gasteiger partial charge is 0.493 e. The van der Waals surface area contributed by atoms with Crippen molar-refractivity contribution in [1.82, 2.24) is 0 Å². The van der Waals surface area contributed by atoms with Gasteiger partial charge < -0.3 is 4.74 Å². The van der Waals surface area contributed by atoms with Crippen molar-refractivity contribution < 1.29 is 4.74 Å². The zero-order valence-corrected chi connectivity index (χ0v) is 15.0. The summed E-state index contributed by atoms with van der Waals surface area (Å²) >= 11 is 0. The smallest absolute Gasteiger partial charge is 0.127 e. The van der Waals surface area contributed by atoms with Crippen LogP contribution in [-0.4, -0.2) is 6.61 Å². The van der Waals surface area contributed by atoms with Gasteiger partial charge in [0.1, 0.15) is 5.75 Å². The molecule has 0 saturated carbocycles. The van der Waals surface area contributed by atoms with Gasteiger partial charge in [0.05, 0.1) is 6.61 Å². The SMILES string of the molecule is Cc1cc(OCCc2ccccc2)c2cc(-c3ccccc3)ccc2c1. The molecule has 0 atom stereocenters. The van der Waals surface area contributed by atoms with Gasteiger partial charge in [-0.05, 0) is 46.7 Å². The van der Waals surface area contributed by atoms with Crippen LogP contribution < -0.4 is 4.74 Å². The Morgan fingerprint density at radius 2 is 1.42 bits per heavy atom. The molecular formula is C25H22O. The van der Waals surface area contributed by atoms with E-state index in [9.17, 15) is 0 Å². The molecule has 0 aliphatic heterocycles. The molecule has 4 aromatic rings. The molecule has 0 heterocycles. The summed E-state index contributed by atoms with van der Waals surface area (Å²) in [6.07, 6.45) is 0.911. The lowest BCUT2D eigenvalue weighted by molar-refractivity contribution is 0.325. The lowest BCUT2D eigenvalue weighted by atomic mass is 9.99. The van der Waals surface area contributed by atoms with Crippen LogP contribution in [0.2, 0.25) is 0 Å². The summed E-state index contributed by atoms with van der Waals surface area (Å²) in [4.78, 5) is 0. The van der Waals surface area contributed by atoms with E-state index >= 15 is 0 Å². The normalized spacial score (nSPS) is 10.8. The number of aryl methyl sites for hydroxylation is 1. The maximum Gasteiger partial charge on any atom is 0.127 e. The van der Waals surface area contributed by atoms with Crippen LogP contribution in [0.15, 0.2) is 91.0 Å². The molecule has 1 nitrogen and oxygen atoms in total. The zero-order valence-electron chi connectivity index (χ0n) is 15.0. The highest BCUT2D eigenvalue weighted by Gasteiger charge is 2.07. The van der Waals surface area contributed by atoms with E-state index in [0.717, 1.165) is 12.2 Å². The van der Waals surface area contributed by atoms with Gasteiger partial charge in [0.25, 0.3) is 0 Å². The summed E-state index contributed by atoms with van der Waals surface area (Å²) in [5, 5.41) is 2.39. The van der Waals surface area contributed by atoms with E-state index in [1.54, 1.807) is 0 Å². The molecule has 128 valence electrons. The van der Waals surface area contributed by atoms with Gasteiger partial charge in [-0.25, -0.2) is 0 Å². The van der Waals surface area contributed by atoms with Crippen molar-refractivity contribution in [2.45, 2.75) is 13.3 Å². The third kappa shape index (κ3) is 3.62. The molecule has 4 aromatic carbocycles. The highest BCUT2D eigenvalue weighted by molar-refractivity contribution is 5.92. The molecule has 0 bridgehead atoms. The van der Waals surface area contributed by atoms with Crippen molar-refractivity contribution in [3.05, 3.63) is 102 Å². The Labute approximate surface area is 154 Å². The number of hydrogen-bond acceptors (Lipinski definition) is 1. The maximum absolute atomic E-state index is 6.19. The Balaban J connectivity index is 1.64. The Bertz CT molecular complexity index is 1000. The highest BCUT2D eigenvalue weighted by atomic mass is 16.5. The molecule has 4 rings (SSSR count). The van der Waals surface area contributed by atoms with Crippen LogP contribution in [0.25, 0.3) is 21.9 Å². The van der Waals surface area contributed by atoms with Gasteiger partial charge in [0, 0.05) is 11.8 Å². The highest BCUT2D eigenvalue weighted by Crippen LogP contribution is 2.32. The van der Waals surface area contributed by atoms with Gasteiger partial charge in [0.2, 0.25) is 0 Å². The van der Waals surface area contributed by atoms with Crippen LogP contribution >= 0.6 is 0 Å². The lowest BCUT2D eigenvalue weighted by Crippen LogP contribution is -2.02. The first kappa shape index (κ1) is 16.4. The second-order valence-electron chi connectivity index (χ2n) is 6.65. The predicted molar refractivity (Wildman–Crippen MR) is 110 cm³/mol. The molecule has 0 saturated heterocycles. The third-order valence-electron chi connectivity index (χ3n) is 4.66. The van der Waals surface area contributed by atoms with E-state index in [2.05, 4.69) is 85.8 Å². The number of rotatable bonds is 5. The van der Waals surface area contributed by atoms with Crippen LogP contribution in [0.3, 0.4) is 0 Å². The quantitative estimate of drug-likeness (QED) is 0.407. The van der Waals surface area contributed by atoms with Crippen molar-refractivity contribution in [3.63, 3.8) is 0 Å². The minimum Gasteiger partial charge on any atom is -0.493 e. The van der Waals surface area contributed by atoms with Gasteiger partial charge >= 0.3 is 0 Å². The fourth-order valence-electron chi connectivity index (χ4n) is 3.32. The standard InChI is InChI=1S/C25H22O/c1-19-16-23-13-12-22(21-10-6-3-7-11-21)18-24(23)25(17-19)26-15-14-20-8-4-2-5-9-20/h2-13,16-18H,14-15H2,1H3.